The average molecular weight is 373 g/mol. The molecule has 1 unspecified atom stereocenters. The minimum absolute atomic E-state index is 0.0768. The lowest BCUT2D eigenvalue weighted by atomic mass is 9.83. The molecule has 3 N–H and O–H groups in total. The number of fused-ring (bicyclic) bond motifs is 1. The van der Waals surface area contributed by atoms with Crippen molar-refractivity contribution in [2.24, 2.45) is 10.4 Å². The molecule has 1 amide bonds. The summed E-state index contributed by atoms with van der Waals surface area (Å²) in [7, 11) is 3.57. The number of para-hydroxylation sites is 1. The number of anilines is 1. The number of hydrogen-bond donors (Lipinski definition) is 3. The fourth-order valence-electron chi connectivity index (χ4n) is 4.35. The Morgan fingerprint density at radius 3 is 2.81 bits per heavy atom. The number of nitrogens with one attached hydrogen (secondary N) is 3. The van der Waals surface area contributed by atoms with E-state index in [0.29, 0.717) is 18.4 Å². The number of methoxy groups -OCH3 is 1. The van der Waals surface area contributed by atoms with Crippen molar-refractivity contribution in [1.29, 1.82) is 0 Å². The fourth-order valence-corrected chi connectivity index (χ4v) is 4.35. The summed E-state index contributed by atoms with van der Waals surface area (Å²) in [5, 5.41) is 9.90. The molecule has 148 valence electrons. The van der Waals surface area contributed by atoms with Crippen molar-refractivity contribution >= 4 is 17.6 Å². The molecule has 0 bridgehead atoms. The van der Waals surface area contributed by atoms with Crippen LogP contribution in [0.1, 0.15) is 50.0 Å². The summed E-state index contributed by atoms with van der Waals surface area (Å²) in [5.41, 5.74) is 2.42. The largest absolute Gasteiger partial charge is 0.385 e. The number of carbonyl (C=O) groups excluding carboxylic acids is 1. The maximum atomic E-state index is 12.0. The first-order chi connectivity index (χ1) is 13.2. The molecular weight excluding hydrogens is 340 g/mol. The van der Waals surface area contributed by atoms with Gasteiger partial charge in [0.25, 0.3) is 0 Å². The molecule has 1 aliphatic carbocycles. The first-order valence-electron chi connectivity index (χ1n) is 9.98. The number of amides is 1. The van der Waals surface area contributed by atoms with Crippen LogP contribution < -0.4 is 16.0 Å². The van der Waals surface area contributed by atoms with Gasteiger partial charge in [0.1, 0.15) is 0 Å². The molecule has 27 heavy (non-hydrogen) atoms. The van der Waals surface area contributed by atoms with Gasteiger partial charge in [0, 0.05) is 51.9 Å². The van der Waals surface area contributed by atoms with Crippen LogP contribution in [0.5, 0.6) is 0 Å². The average Bonchev–Trinajstić information content (AvgIpc) is 3.15. The van der Waals surface area contributed by atoms with Gasteiger partial charge >= 0.3 is 0 Å². The molecule has 6 nitrogen and oxygen atoms in total. The molecule has 2 aliphatic rings. The summed E-state index contributed by atoms with van der Waals surface area (Å²) >= 11 is 0. The molecule has 1 atom stereocenters. The van der Waals surface area contributed by atoms with Crippen LogP contribution in [0.3, 0.4) is 0 Å². The lowest BCUT2D eigenvalue weighted by Crippen LogP contribution is -2.45. The lowest BCUT2D eigenvalue weighted by Gasteiger charge is -2.30. The highest BCUT2D eigenvalue weighted by Gasteiger charge is 2.33. The fraction of sp³-hybridized carbons (Fsp3) is 0.619. The second-order valence-electron chi connectivity index (χ2n) is 7.79. The van der Waals surface area contributed by atoms with Gasteiger partial charge in [0.2, 0.25) is 5.91 Å². The second kappa shape index (κ2) is 9.22. The number of nitrogens with zero attached hydrogens (tertiary/aromatic N) is 1. The predicted molar refractivity (Wildman–Crippen MR) is 109 cm³/mol. The minimum Gasteiger partial charge on any atom is -0.385 e. The number of rotatable bonds is 7. The third-order valence-electron chi connectivity index (χ3n) is 5.98. The van der Waals surface area contributed by atoms with Crippen LogP contribution in [-0.2, 0) is 9.53 Å². The maximum Gasteiger partial charge on any atom is 0.225 e. The van der Waals surface area contributed by atoms with Crippen molar-refractivity contribution in [2.75, 3.05) is 39.2 Å². The molecule has 3 rings (SSSR count). The van der Waals surface area contributed by atoms with E-state index in [1.54, 1.807) is 14.2 Å². The Labute approximate surface area is 162 Å². The molecule has 0 spiro atoms. The molecule has 1 heterocycles. The normalized spacial score (nSPS) is 21.5. The molecule has 0 aromatic heterocycles. The zero-order valence-corrected chi connectivity index (χ0v) is 16.5. The summed E-state index contributed by atoms with van der Waals surface area (Å²) in [4.78, 5) is 16.4. The molecule has 0 saturated heterocycles. The van der Waals surface area contributed by atoms with Crippen molar-refractivity contribution in [3.05, 3.63) is 29.8 Å². The zero-order valence-electron chi connectivity index (χ0n) is 16.5. The quantitative estimate of drug-likeness (QED) is 0.508. The Morgan fingerprint density at radius 2 is 2.07 bits per heavy atom. The molecule has 1 aromatic rings. The highest BCUT2D eigenvalue weighted by Crippen LogP contribution is 2.40. The van der Waals surface area contributed by atoms with Crippen molar-refractivity contribution < 1.29 is 9.53 Å². The van der Waals surface area contributed by atoms with Gasteiger partial charge in [0.05, 0.1) is 0 Å². The predicted octanol–water partition coefficient (Wildman–Crippen LogP) is 2.87. The van der Waals surface area contributed by atoms with Gasteiger partial charge in [-0.15, -0.1) is 0 Å². The van der Waals surface area contributed by atoms with Gasteiger partial charge in [-0.1, -0.05) is 31.0 Å². The van der Waals surface area contributed by atoms with Crippen molar-refractivity contribution in [3.63, 3.8) is 0 Å². The smallest absolute Gasteiger partial charge is 0.225 e. The maximum absolute atomic E-state index is 12.0. The first-order valence-corrected chi connectivity index (χ1v) is 9.98. The molecule has 6 heteroatoms. The number of ether oxygens (including phenoxy) is 1. The standard InChI is InChI=1S/C21H32N4O2/c1-22-20(24-15-21(11-12-27-2)9-5-6-10-21)23-14-16-13-19(26)25-18-8-4-3-7-17(16)18/h3-4,7-8,16H,5-6,9-15H2,1-2H3,(H,25,26)(H2,22,23,24). The van der Waals surface area contributed by atoms with Crippen LogP contribution in [0.2, 0.25) is 0 Å². The Morgan fingerprint density at radius 1 is 1.30 bits per heavy atom. The number of aliphatic imine (C=N–C) groups is 1. The molecule has 1 fully saturated rings. The van der Waals surface area contributed by atoms with E-state index in [1.807, 2.05) is 18.2 Å². The molecule has 1 aromatic carbocycles. The lowest BCUT2D eigenvalue weighted by molar-refractivity contribution is -0.116. The van der Waals surface area contributed by atoms with E-state index in [9.17, 15) is 4.79 Å². The first kappa shape index (κ1) is 19.7. The van der Waals surface area contributed by atoms with E-state index in [1.165, 1.54) is 31.2 Å². The SMILES string of the molecule is CN=C(NCC1CC(=O)Nc2ccccc21)NCC1(CCOC)CCCC1. The number of benzene rings is 1. The van der Waals surface area contributed by atoms with Gasteiger partial charge in [0.15, 0.2) is 5.96 Å². The third-order valence-corrected chi connectivity index (χ3v) is 5.98. The summed E-state index contributed by atoms with van der Waals surface area (Å²) < 4.78 is 5.32. The van der Waals surface area contributed by atoms with E-state index in [-0.39, 0.29) is 11.8 Å². The van der Waals surface area contributed by atoms with Gasteiger partial charge < -0.3 is 20.7 Å². The van der Waals surface area contributed by atoms with Gasteiger partial charge in [-0.2, -0.15) is 0 Å². The van der Waals surface area contributed by atoms with Crippen LogP contribution in [0.15, 0.2) is 29.3 Å². The zero-order chi connectivity index (χ0) is 19.1. The summed E-state index contributed by atoms with van der Waals surface area (Å²) in [6.07, 6.45) is 6.67. The summed E-state index contributed by atoms with van der Waals surface area (Å²) in [6.45, 7) is 2.41. The highest BCUT2D eigenvalue weighted by molar-refractivity contribution is 5.94. The Bertz CT molecular complexity index is 668. The van der Waals surface area contributed by atoms with Gasteiger partial charge in [-0.3, -0.25) is 9.79 Å². The van der Waals surface area contributed by atoms with Crippen LogP contribution in [-0.4, -0.2) is 45.7 Å². The number of guanidine groups is 1. The molecule has 0 radical (unpaired) electrons. The van der Waals surface area contributed by atoms with Crippen LogP contribution >= 0.6 is 0 Å². The second-order valence-corrected chi connectivity index (χ2v) is 7.79. The summed E-state index contributed by atoms with van der Waals surface area (Å²) in [5.74, 6) is 1.04. The minimum atomic E-state index is 0.0768. The number of carbonyl (C=O) groups is 1. The van der Waals surface area contributed by atoms with E-state index < -0.39 is 0 Å². The van der Waals surface area contributed by atoms with E-state index in [4.69, 9.17) is 4.74 Å². The van der Waals surface area contributed by atoms with Crippen LogP contribution in [0.4, 0.5) is 5.69 Å². The van der Waals surface area contributed by atoms with Gasteiger partial charge in [-0.05, 0) is 36.3 Å². The van der Waals surface area contributed by atoms with Crippen molar-refractivity contribution in [3.8, 4) is 0 Å². The Balaban J connectivity index is 1.56. The Hall–Kier alpha value is -2.08. The van der Waals surface area contributed by atoms with E-state index >= 15 is 0 Å². The van der Waals surface area contributed by atoms with Gasteiger partial charge in [-0.25, -0.2) is 0 Å². The van der Waals surface area contributed by atoms with E-state index in [0.717, 1.165) is 31.2 Å². The highest BCUT2D eigenvalue weighted by atomic mass is 16.5. The summed E-state index contributed by atoms with van der Waals surface area (Å²) in [6, 6.07) is 8.04. The topological polar surface area (TPSA) is 74.8 Å². The molecular formula is C21H32N4O2. The van der Waals surface area contributed by atoms with Crippen LogP contribution in [0.25, 0.3) is 0 Å². The van der Waals surface area contributed by atoms with Crippen molar-refractivity contribution in [1.82, 2.24) is 10.6 Å². The van der Waals surface area contributed by atoms with Crippen molar-refractivity contribution in [2.45, 2.75) is 44.4 Å². The van der Waals surface area contributed by atoms with E-state index in [2.05, 4.69) is 27.0 Å². The van der Waals surface area contributed by atoms with Crippen LogP contribution in [0, 0.1) is 5.41 Å². The third kappa shape index (κ3) is 5.01. The Kier molecular flexibility index (Phi) is 6.72. The number of hydrogen-bond acceptors (Lipinski definition) is 3. The monoisotopic (exact) mass is 372 g/mol. The molecule has 1 saturated carbocycles. The molecule has 1 aliphatic heterocycles.